The molecule has 23 heavy (non-hydrogen) atoms. The fourth-order valence-electron chi connectivity index (χ4n) is 2.16. The van der Waals surface area contributed by atoms with Crippen LogP contribution in [0.2, 0.25) is 0 Å². The standard InChI is InChI=1S/C18H15NO4/c20-15(14-6-7-17-18(10-14)23-12-22-17)8-9-19-11-16(21)13-4-2-1-3-5-13/h1-10,19H,11-12H2/b9-8-. The van der Waals surface area contributed by atoms with Crippen molar-refractivity contribution in [3.63, 3.8) is 0 Å². The summed E-state index contributed by atoms with van der Waals surface area (Å²) in [6.45, 7) is 0.306. The SMILES string of the molecule is O=C(/C=C\NCC(=O)c1ccccc1)c1ccc2c(c1)OCO2. The quantitative estimate of drug-likeness (QED) is 0.656. The molecule has 0 saturated carbocycles. The first kappa shape index (κ1) is 14.8. The fraction of sp³-hybridized carbons (Fsp3) is 0.111. The van der Waals surface area contributed by atoms with Crippen LogP contribution >= 0.6 is 0 Å². The number of hydrogen-bond donors (Lipinski definition) is 1. The molecule has 2 aromatic carbocycles. The zero-order valence-corrected chi connectivity index (χ0v) is 12.3. The molecule has 0 atom stereocenters. The molecule has 0 spiro atoms. The van der Waals surface area contributed by atoms with Crippen LogP contribution in [0.4, 0.5) is 0 Å². The summed E-state index contributed by atoms with van der Waals surface area (Å²) >= 11 is 0. The molecule has 0 aliphatic carbocycles. The third-order valence-corrected chi connectivity index (χ3v) is 3.37. The number of benzene rings is 2. The van der Waals surface area contributed by atoms with Crippen molar-refractivity contribution in [2.75, 3.05) is 13.3 Å². The van der Waals surface area contributed by atoms with Crippen molar-refractivity contribution >= 4 is 11.6 Å². The summed E-state index contributed by atoms with van der Waals surface area (Å²) in [4.78, 5) is 23.9. The number of rotatable bonds is 6. The van der Waals surface area contributed by atoms with Crippen LogP contribution in [0.5, 0.6) is 11.5 Å². The number of Topliss-reactive ketones (excluding diaryl/α,β-unsaturated/α-hetero) is 1. The van der Waals surface area contributed by atoms with E-state index in [-0.39, 0.29) is 24.9 Å². The van der Waals surface area contributed by atoms with Gasteiger partial charge in [0.15, 0.2) is 23.1 Å². The molecule has 0 amide bonds. The summed E-state index contributed by atoms with van der Waals surface area (Å²) in [5, 5.41) is 2.83. The molecule has 2 aromatic rings. The highest BCUT2D eigenvalue weighted by Crippen LogP contribution is 2.32. The van der Waals surface area contributed by atoms with Crippen LogP contribution in [0.25, 0.3) is 0 Å². The van der Waals surface area contributed by atoms with Crippen LogP contribution in [-0.2, 0) is 0 Å². The van der Waals surface area contributed by atoms with E-state index in [2.05, 4.69) is 5.32 Å². The summed E-state index contributed by atoms with van der Waals surface area (Å²) in [7, 11) is 0. The van der Waals surface area contributed by atoms with Gasteiger partial charge in [-0.15, -0.1) is 0 Å². The van der Waals surface area contributed by atoms with E-state index in [9.17, 15) is 9.59 Å². The average Bonchev–Trinajstić information content (AvgIpc) is 3.06. The highest BCUT2D eigenvalue weighted by atomic mass is 16.7. The minimum Gasteiger partial charge on any atom is -0.454 e. The Bertz CT molecular complexity index is 753. The first-order valence-electron chi connectivity index (χ1n) is 7.16. The number of ketones is 2. The third-order valence-electron chi connectivity index (χ3n) is 3.37. The minimum atomic E-state index is -0.178. The van der Waals surface area contributed by atoms with E-state index in [1.807, 2.05) is 18.2 Å². The lowest BCUT2D eigenvalue weighted by Gasteiger charge is -2.01. The van der Waals surface area contributed by atoms with Crippen LogP contribution in [0.1, 0.15) is 20.7 Å². The monoisotopic (exact) mass is 309 g/mol. The van der Waals surface area contributed by atoms with Crippen LogP contribution in [0.15, 0.2) is 60.8 Å². The van der Waals surface area contributed by atoms with Crippen molar-refractivity contribution in [3.05, 3.63) is 71.9 Å². The lowest BCUT2D eigenvalue weighted by Crippen LogP contribution is -2.18. The van der Waals surface area contributed by atoms with Crippen molar-refractivity contribution in [1.29, 1.82) is 0 Å². The van der Waals surface area contributed by atoms with Gasteiger partial charge in [-0.2, -0.15) is 0 Å². The van der Waals surface area contributed by atoms with E-state index in [1.54, 1.807) is 30.3 Å². The van der Waals surface area contributed by atoms with Crippen molar-refractivity contribution in [2.45, 2.75) is 0 Å². The first-order valence-corrected chi connectivity index (χ1v) is 7.16. The molecule has 0 radical (unpaired) electrons. The predicted octanol–water partition coefficient (Wildman–Crippen LogP) is 2.58. The van der Waals surface area contributed by atoms with Gasteiger partial charge in [-0.25, -0.2) is 0 Å². The second-order valence-electron chi connectivity index (χ2n) is 4.94. The van der Waals surface area contributed by atoms with Crippen LogP contribution < -0.4 is 14.8 Å². The Kier molecular flexibility index (Phi) is 4.38. The van der Waals surface area contributed by atoms with Crippen LogP contribution in [0.3, 0.4) is 0 Å². The van der Waals surface area contributed by atoms with Crippen molar-refractivity contribution in [3.8, 4) is 11.5 Å². The molecule has 0 saturated heterocycles. The summed E-state index contributed by atoms with van der Waals surface area (Å²) in [6, 6.07) is 14.0. The van der Waals surface area contributed by atoms with E-state index in [0.717, 1.165) is 0 Å². The number of nitrogens with one attached hydrogen (secondary N) is 1. The third kappa shape index (κ3) is 3.58. The predicted molar refractivity (Wildman–Crippen MR) is 84.8 cm³/mol. The molecule has 5 nitrogen and oxygen atoms in total. The number of hydrogen-bond acceptors (Lipinski definition) is 5. The lowest BCUT2D eigenvalue weighted by molar-refractivity contribution is 0.0992. The number of carbonyl (C=O) groups is 2. The van der Waals surface area contributed by atoms with Gasteiger partial charge in [-0.1, -0.05) is 30.3 Å². The van der Waals surface area contributed by atoms with E-state index >= 15 is 0 Å². The van der Waals surface area contributed by atoms with Gasteiger partial charge < -0.3 is 14.8 Å². The Balaban J connectivity index is 1.54. The molecule has 116 valence electrons. The number of ether oxygens (including phenoxy) is 2. The van der Waals surface area contributed by atoms with E-state index in [4.69, 9.17) is 9.47 Å². The van der Waals surface area contributed by atoms with Gasteiger partial charge in [0.1, 0.15) is 0 Å². The molecule has 1 aliphatic heterocycles. The second kappa shape index (κ2) is 6.79. The molecule has 0 unspecified atom stereocenters. The molecular formula is C18H15NO4. The van der Waals surface area contributed by atoms with Gasteiger partial charge >= 0.3 is 0 Å². The topological polar surface area (TPSA) is 64.6 Å². The van der Waals surface area contributed by atoms with E-state index in [0.29, 0.717) is 22.6 Å². The highest BCUT2D eigenvalue weighted by Gasteiger charge is 2.15. The largest absolute Gasteiger partial charge is 0.454 e. The van der Waals surface area contributed by atoms with Crippen molar-refractivity contribution in [2.24, 2.45) is 0 Å². The zero-order chi connectivity index (χ0) is 16.1. The summed E-state index contributed by atoms with van der Waals surface area (Å²) in [5.41, 5.74) is 1.14. The lowest BCUT2D eigenvalue weighted by atomic mass is 10.1. The van der Waals surface area contributed by atoms with Crippen LogP contribution in [0, 0.1) is 0 Å². The Morgan fingerprint density at radius 2 is 1.78 bits per heavy atom. The van der Waals surface area contributed by atoms with Crippen molar-refractivity contribution < 1.29 is 19.1 Å². The van der Waals surface area contributed by atoms with Crippen LogP contribution in [-0.4, -0.2) is 24.9 Å². The summed E-state index contributed by atoms with van der Waals surface area (Å²) in [5.74, 6) is 0.988. The van der Waals surface area contributed by atoms with Gasteiger partial charge in [0, 0.05) is 23.4 Å². The van der Waals surface area contributed by atoms with Gasteiger partial charge in [0.2, 0.25) is 6.79 Å². The Labute approximate surface area is 133 Å². The summed E-state index contributed by atoms with van der Waals surface area (Å²) < 4.78 is 10.4. The number of carbonyl (C=O) groups excluding carboxylic acids is 2. The molecule has 0 aromatic heterocycles. The van der Waals surface area contributed by atoms with Gasteiger partial charge in [-0.3, -0.25) is 9.59 Å². The Morgan fingerprint density at radius 1 is 1.00 bits per heavy atom. The number of fused-ring (bicyclic) bond motifs is 1. The van der Waals surface area contributed by atoms with Gasteiger partial charge in [0.25, 0.3) is 0 Å². The molecule has 3 rings (SSSR count). The first-order chi connectivity index (χ1) is 11.2. The second-order valence-corrected chi connectivity index (χ2v) is 4.94. The molecule has 5 heteroatoms. The molecule has 0 fully saturated rings. The van der Waals surface area contributed by atoms with Gasteiger partial charge in [0.05, 0.1) is 6.54 Å². The minimum absolute atomic E-state index is 0.0363. The zero-order valence-electron chi connectivity index (χ0n) is 12.3. The summed E-state index contributed by atoms with van der Waals surface area (Å²) in [6.07, 6.45) is 2.86. The Morgan fingerprint density at radius 3 is 2.61 bits per heavy atom. The fourth-order valence-corrected chi connectivity index (χ4v) is 2.16. The maximum Gasteiger partial charge on any atom is 0.231 e. The average molecular weight is 309 g/mol. The molecule has 0 bridgehead atoms. The molecule has 1 aliphatic rings. The van der Waals surface area contributed by atoms with Crippen molar-refractivity contribution in [1.82, 2.24) is 5.32 Å². The Hall–Kier alpha value is -3.08. The molecular weight excluding hydrogens is 294 g/mol. The maximum atomic E-state index is 12.1. The van der Waals surface area contributed by atoms with E-state index in [1.165, 1.54) is 12.3 Å². The number of allylic oxidation sites excluding steroid dienone is 1. The highest BCUT2D eigenvalue weighted by molar-refractivity contribution is 6.05. The molecule has 1 heterocycles. The normalized spacial score (nSPS) is 12.3. The van der Waals surface area contributed by atoms with Gasteiger partial charge in [-0.05, 0) is 18.2 Å². The maximum absolute atomic E-state index is 12.1. The smallest absolute Gasteiger partial charge is 0.231 e. The van der Waals surface area contributed by atoms with E-state index < -0.39 is 0 Å². The molecule has 1 N–H and O–H groups in total.